The first-order chi connectivity index (χ1) is 49.7. The molecule has 592 valence electrons. The molecule has 0 amide bonds. The molecule has 3 N–H and O–H groups in total. The van der Waals surface area contributed by atoms with Crippen molar-refractivity contribution in [1.82, 2.24) is 0 Å². The summed E-state index contributed by atoms with van der Waals surface area (Å²) in [6, 6.07) is 0. The van der Waals surface area contributed by atoms with Crippen molar-refractivity contribution >= 4 is 39.5 Å². The van der Waals surface area contributed by atoms with Crippen LogP contribution in [0.15, 0.2) is 85.1 Å². The third kappa shape index (κ3) is 74.5. The van der Waals surface area contributed by atoms with E-state index in [4.69, 9.17) is 37.0 Å². The lowest BCUT2D eigenvalue weighted by Gasteiger charge is -2.21. The van der Waals surface area contributed by atoms with Crippen LogP contribution in [0.5, 0.6) is 0 Å². The molecule has 0 aliphatic rings. The van der Waals surface area contributed by atoms with Crippen LogP contribution in [0.3, 0.4) is 0 Å². The number of aliphatic hydroxyl groups is 1. The minimum Gasteiger partial charge on any atom is -0.462 e. The van der Waals surface area contributed by atoms with E-state index >= 15 is 0 Å². The summed E-state index contributed by atoms with van der Waals surface area (Å²) < 4.78 is 68.7. The Morgan fingerprint density at radius 3 is 0.804 bits per heavy atom. The largest absolute Gasteiger partial charge is 0.472 e. The van der Waals surface area contributed by atoms with Gasteiger partial charge >= 0.3 is 39.5 Å². The standard InChI is InChI=1S/C83H148O17P2/c1-5-9-13-17-21-25-29-33-37-38-42-44-48-52-56-60-64-68-81(86)94-74-79(100-83(88)70-66-62-58-54-50-46-41-36-32-28-24-20-16-12-8-4)76-98-102(91,92)96-72-77(84)71-95-101(89,90)97-75-78(99-82(87)69-65-61-57-53-49-45-40-35-31-27-23-19-15-11-7-3)73-93-80(85)67-63-59-55-51-47-43-39-34-30-26-22-18-14-10-6-2/h9,13,21-22,24-26,28,33-34,36-37,39,41,77-79,84H,5-8,10-12,14-20,23,27,29-32,35,38,40,42-76H2,1-4H3,(H,89,90)(H,91,92)/b13-9-,25-21-,26-22-,28-24-,37-33-,39-34-,41-36-. The highest BCUT2D eigenvalue weighted by atomic mass is 31.2. The summed E-state index contributed by atoms with van der Waals surface area (Å²) in [6.45, 7) is 4.74. The van der Waals surface area contributed by atoms with E-state index in [0.717, 1.165) is 180 Å². The average Bonchev–Trinajstić information content (AvgIpc) is 0.923. The van der Waals surface area contributed by atoms with Gasteiger partial charge in [-0.15, -0.1) is 0 Å². The van der Waals surface area contributed by atoms with E-state index < -0.39 is 97.5 Å². The zero-order valence-electron chi connectivity index (χ0n) is 64.8. The van der Waals surface area contributed by atoms with E-state index in [2.05, 4.69) is 113 Å². The zero-order valence-corrected chi connectivity index (χ0v) is 66.6. The van der Waals surface area contributed by atoms with Crippen LogP contribution in [0.1, 0.15) is 362 Å². The summed E-state index contributed by atoms with van der Waals surface area (Å²) >= 11 is 0. The molecule has 0 saturated heterocycles. The molecule has 0 aliphatic heterocycles. The summed E-state index contributed by atoms with van der Waals surface area (Å²) in [5.74, 6) is -2.19. The van der Waals surface area contributed by atoms with Crippen LogP contribution < -0.4 is 0 Å². The molecule has 0 radical (unpaired) electrons. The van der Waals surface area contributed by atoms with Gasteiger partial charge in [0.05, 0.1) is 26.4 Å². The number of carbonyl (C=O) groups excluding carboxylic acids is 4. The van der Waals surface area contributed by atoms with Crippen molar-refractivity contribution in [2.45, 2.75) is 380 Å². The zero-order chi connectivity index (χ0) is 74.6. The van der Waals surface area contributed by atoms with Crippen molar-refractivity contribution in [2.24, 2.45) is 0 Å². The fourth-order valence-electron chi connectivity index (χ4n) is 11.1. The topological polar surface area (TPSA) is 237 Å². The van der Waals surface area contributed by atoms with Gasteiger partial charge in [0.25, 0.3) is 0 Å². The number of allylic oxidation sites excluding steroid dienone is 14. The molecule has 0 aromatic heterocycles. The Bertz CT molecular complexity index is 2260. The Morgan fingerprint density at radius 2 is 0.510 bits per heavy atom. The van der Waals surface area contributed by atoms with Gasteiger partial charge in [-0.05, 0) is 122 Å². The van der Waals surface area contributed by atoms with Crippen molar-refractivity contribution in [3.8, 4) is 0 Å². The van der Waals surface area contributed by atoms with Crippen LogP contribution in [0.2, 0.25) is 0 Å². The minimum absolute atomic E-state index is 0.0780. The smallest absolute Gasteiger partial charge is 0.462 e. The quantitative estimate of drug-likeness (QED) is 0.0169. The van der Waals surface area contributed by atoms with Crippen molar-refractivity contribution in [2.75, 3.05) is 39.6 Å². The number of ether oxygens (including phenoxy) is 4. The Balaban J connectivity index is 5.36. The summed E-state index contributed by atoms with van der Waals surface area (Å²) in [7, 11) is -9.96. The summed E-state index contributed by atoms with van der Waals surface area (Å²) in [6.07, 6.45) is 78.3. The molecule has 0 aliphatic carbocycles. The number of unbranched alkanes of at least 4 members (excludes halogenated alkanes) is 37. The van der Waals surface area contributed by atoms with E-state index in [9.17, 15) is 43.2 Å². The lowest BCUT2D eigenvalue weighted by atomic mass is 10.0. The first-order valence-corrected chi connectivity index (χ1v) is 43.8. The van der Waals surface area contributed by atoms with Gasteiger partial charge in [-0.25, -0.2) is 9.13 Å². The van der Waals surface area contributed by atoms with Crippen molar-refractivity contribution in [3.05, 3.63) is 85.1 Å². The maximum absolute atomic E-state index is 13.1. The SMILES string of the molecule is CC/C=C\C/C=C\C/C=C\CCCCCCCCCC(=O)OCC(COP(=O)(O)OCC(O)COP(=O)(O)OCC(COC(=O)CCCCCCC/C=C\C/C=C\CCCCC)OC(=O)CCCCCCCCCCCCCCCCC)OC(=O)CCCCCCC/C=C\C/C=C\CCCCC. The predicted molar refractivity (Wildman–Crippen MR) is 418 cm³/mol. The second-order valence-electron chi connectivity index (χ2n) is 27.3. The molecule has 0 aromatic carbocycles. The molecule has 0 rings (SSSR count). The Morgan fingerprint density at radius 1 is 0.284 bits per heavy atom. The summed E-state index contributed by atoms with van der Waals surface area (Å²) in [4.78, 5) is 73.1. The highest BCUT2D eigenvalue weighted by molar-refractivity contribution is 7.47. The van der Waals surface area contributed by atoms with Crippen LogP contribution in [-0.2, 0) is 65.4 Å². The lowest BCUT2D eigenvalue weighted by Crippen LogP contribution is -2.30. The van der Waals surface area contributed by atoms with Crippen LogP contribution >= 0.6 is 15.6 Å². The maximum atomic E-state index is 13.1. The van der Waals surface area contributed by atoms with E-state index in [1.165, 1.54) is 103 Å². The van der Waals surface area contributed by atoms with Gasteiger partial charge in [-0.1, -0.05) is 299 Å². The second kappa shape index (κ2) is 75.5. The minimum atomic E-state index is -4.98. The fraction of sp³-hybridized carbons (Fsp3) is 0.783. The Labute approximate surface area is 621 Å². The van der Waals surface area contributed by atoms with Gasteiger partial charge < -0.3 is 33.8 Å². The Hall–Kier alpha value is -3.76. The summed E-state index contributed by atoms with van der Waals surface area (Å²) in [5.41, 5.74) is 0. The van der Waals surface area contributed by atoms with E-state index in [1.807, 2.05) is 0 Å². The van der Waals surface area contributed by atoms with Gasteiger partial charge in [-0.3, -0.25) is 37.3 Å². The first-order valence-electron chi connectivity index (χ1n) is 40.8. The van der Waals surface area contributed by atoms with E-state index in [0.29, 0.717) is 25.7 Å². The van der Waals surface area contributed by atoms with Gasteiger partial charge in [0, 0.05) is 25.7 Å². The number of carbonyl (C=O) groups is 4. The highest BCUT2D eigenvalue weighted by Gasteiger charge is 2.30. The molecule has 0 spiro atoms. The van der Waals surface area contributed by atoms with Crippen molar-refractivity contribution in [3.63, 3.8) is 0 Å². The highest BCUT2D eigenvalue weighted by Crippen LogP contribution is 2.45. The van der Waals surface area contributed by atoms with Crippen LogP contribution in [0, 0.1) is 0 Å². The van der Waals surface area contributed by atoms with Crippen molar-refractivity contribution < 1.29 is 80.2 Å². The third-order valence-corrected chi connectivity index (χ3v) is 19.2. The van der Waals surface area contributed by atoms with Gasteiger partial charge in [-0.2, -0.15) is 0 Å². The number of phosphoric ester groups is 2. The molecule has 19 heteroatoms. The number of rotatable bonds is 77. The van der Waals surface area contributed by atoms with E-state index in [-0.39, 0.29) is 25.7 Å². The number of hydrogen-bond acceptors (Lipinski definition) is 15. The monoisotopic (exact) mass is 1480 g/mol. The van der Waals surface area contributed by atoms with Gasteiger partial charge in [0.15, 0.2) is 12.2 Å². The van der Waals surface area contributed by atoms with Crippen LogP contribution in [0.25, 0.3) is 0 Å². The lowest BCUT2D eigenvalue weighted by molar-refractivity contribution is -0.161. The molecule has 0 saturated carbocycles. The molecule has 5 unspecified atom stereocenters. The molecule has 17 nitrogen and oxygen atoms in total. The fourth-order valence-corrected chi connectivity index (χ4v) is 12.7. The molecule has 0 fully saturated rings. The average molecular weight is 1480 g/mol. The molecule has 0 bridgehead atoms. The van der Waals surface area contributed by atoms with Gasteiger partial charge in [0.1, 0.15) is 19.3 Å². The second-order valence-corrected chi connectivity index (χ2v) is 30.2. The van der Waals surface area contributed by atoms with Crippen LogP contribution in [-0.4, -0.2) is 96.7 Å². The molecule has 0 aromatic rings. The van der Waals surface area contributed by atoms with Crippen molar-refractivity contribution in [1.29, 1.82) is 0 Å². The molecule has 102 heavy (non-hydrogen) atoms. The number of phosphoric acid groups is 2. The molecule has 5 atom stereocenters. The molecular weight excluding hydrogens is 1330 g/mol. The Kier molecular flexibility index (Phi) is 72.7. The number of aliphatic hydroxyl groups excluding tert-OH is 1. The van der Waals surface area contributed by atoms with Crippen LogP contribution in [0.4, 0.5) is 0 Å². The molecular formula is C83H148O17P2. The first kappa shape index (κ1) is 98.2. The number of esters is 4. The predicted octanol–water partition coefficient (Wildman–Crippen LogP) is 23.8. The maximum Gasteiger partial charge on any atom is 0.472 e. The third-order valence-electron chi connectivity index (χ3n) is 17.3. The normalized spacial score (nSPS) is 14.3. The molecule has 0 heterocycles. The van der Waals surface area contributed by atoms with E-state index in [1.54, 1.807) is 0 Å². The summed E-state index contributed by atoms with van der Waals surface area (Å²) in [5, 5.41) is 10.6. The number of hydrogen-bond donors (Lipinski definition) is 3. The van der Waals surface area contributed by atoms with Gasteiger partial charge in [0.2, 0.25) is 0 Å².